The lowest BCUT2D eigenvalue weighted by atomic mass is 10.0. The third-order valence-corrected chi connectivity index (χ3v) is 2.17. The molecule has 0 saturated heterocycles. The first kappa shape index (κ1) is 11.6. The summed E-state index contributed by atoms with van der Waals surface area (Å²) in [5, 5.41) is 0. The van der Waals surface area contributed by atoms with Gasteiger partial charge in [0.1, 0.15) is 0 Å². The van der Waals surface area contributed by atoms with Gasteiger partial charge in [-0.25, -0.2) is 0 Å². The molecule has 0 fully saturated rings. The van der Waals surface area contributed by atoms with Gasteiger partial charge in [0.15, 0.2) is 0 Å². The van der Waals surface area contributed by atoms with Gasteiger partial charge in [-0.15, -0.1) is 12.3 Å². The molecule has 0 unspecified atom stereocenters. The molecule has 0 N–H and O–H groups in total. The standard InChI is InChI=1S/C12H11F3/c1-3-4-5-10-7-6-9(2)11(8-10)12(13,14)15/h1,6-8H,4-5H2,2H3. The van der Waals surface area contributed by atoms with Crippen LogP contribution < -0.4 is 0 Å². The molecule has 0 heterocycles. The fourth-order valence-corrected chi connectivity index (χ4v) is 1.35. The predicted molar refractivity (Wildman–Crippen MR) is 53.3 cm³/mol. The highest BCUT2D eigenvalue weighted by atomic mass is 19.4. The lowest BCUT2D eigenvalue weighted by Gasteiger charge is -2.11. The highest BCUT2D eigenvalue weighted by Crippen LogP contribution is 2.32. The number of hydrogen-bond acceptors (Lipinski definition) is 0. The van der Waals surface area contributed by atoms with Crippen LogP contribution in [-0.2, 0) is 12.6 Å². The van der Waals surface area contributed by atoms with Crippen molar-refractivity contribution >= 4 is 0 Å². The SMILES string of the molecule is C#CCCc1ccc(C)c(C(F)(F)F)c1. The summed E-state index contributed by atoms with van der Waals surface area (Å²) in [6, 6.07) is 4.34. The van der Waals surface area contributed by atoms with E-state index in [1.165, 1.54) is 19.1 Å². The second-order valence-electron chi connectivity index (χ2n) is 3.35. The van der Waals surface area contributed by atoms with Crippen LogP contribution >= 0.6 is 0 Å². The molecule has 0 aliphatic rings. The van der Waals surface area contributed by atoms with Crippen LogP contribution in [0.15, 0.2) is 18.2 Å². The molecule has 80 valence electrons. The number of terminal acetylenes is 1. The van der Waals surface area contributed by atoms with Crippen LogP contribution in [-0.4, -0.2) is 0 Å². The van der Waals surface area contributed by atoms with E-state index in [0.717, 1.165) is 0 Å². The van der Waals surface area contributed by atoms with E-state index in [-0.39, 0.29) is 5.56 Å². The van der Waals surface area contributed by atoms with Crippen molar-refractivity contribution in [2.75, 3.05) is 0 Å². The smallest absolute Gasteiger partial charge is 0.166 e. The first-order valence-electron chi connectivity index (χ1n) is 4.55. The van der Waals surface area contributed by atoms with Gasteiger partial charge in [-0.3, -0.25) is 0 Å². The molecule has 0 atom stereocenters. The molecule has 0 spiro atoms. The van der Waals surface area contributed by atoms with E-state index < -0.39 is 11.7 Å². The van der Waals surface area contributed by atoms with Crippen molar-refractivity contribution < 1.29 is 13.2 Å². The van der Waals surface area contributed by atoms with Crippen LogP contribution in [0.25, 0.3) is 0 Å². The number of alkyl halides is 3. The van der Waals surface area contributed by atoms with Crippen molar-refractivity contribution in [2.45, 2.75) is 25.9 Å². The van der Waals surface area contributed by atoms with E-state index in [1.54, 1.807) is 6.07 Å². The van der Waals surface area contributed by atoms with Crippen LogP contribution in [0.4, 0.5) is 13.2 Å². The van der Waals surface area contributed by atoms with E-state index in [9.17, 15) is 13.2 Å². The number of hydrogen-bond donors (Lipinski definition) is 0. The number of aryl methyl sites for hydroxylation is 2. The monoisotopic (exact) mass is 212 g/mol. The summed E-state index contributed by atoms with van der Waals surface area (Å²) < 4.78 is 37.5. The fraction of sp³-hybridized carbons (Fsp3) is 0.333. The van der Waals surface area contributed by atoms with E-state index in [0.29, 0.717) is 18.4 Å². The Kier molecular flexibility index (Phi) is 3.41. The predicted octanol–water partition coefficient (Wildman–Crippen LogP) is 3.58. The number of rotatable bonds is 2. The minimum atomic E-state index is -4.28. The quantitative estimate of drug-likeness (QED) is 0.657. The average molecular weight is 212 g/mol. The summed E-state index contributed by atoms with van der Waals surface area (Å²) in [5.74, 6) is 2.41. The first-order valence-corrected chi connectivity index (χ1v) is 4.55. The van der Waals surface area contributed by atoms with Crippen LogP contribution in [0.1, 0.15) is 23.1 Å². The molecule has 3 heteroatoms. The molecule has 0 amide bonds. The normalized spacial score (nSPS) is 11.1. The topological polar surface area (TPSA) is 0 Å². The molecule has 1 rings (SSSR count). The van der Waals surface area contributed by atoms with Gasteiger partial charge in [0.25, 0.3) is 0 Å². The Hall–Kier alpha value is -1.43. The van der Waals surface area contributed by atoms with Crippen LogP contribution in [0, 0.1) is 19.3 Å². The maximum absolute atomic E-state index is 12.5. The molecule has 0 radical (unpaired) electrons. The second kappa shape index (κ2) is 4.39. The summed E-state index contributed by atoms with van der Waals surface area (Å²) in [4.78, 5) is 0. The Morgan fingerprint density at radius 2 is 2.00 bits per heavy atom. The third kappa shape index (κ3) is 3.02. The molecule has 15 heavy (non-hydrogen) atoms. The molecule has 0 bridgehead atoms. The van der Waals surface area contributed by atoms with Crippen LogP contribution in [0.5, 0.6) is 0 Å². The maximum Gasteiger partial charge on any atom is 0.416 e. The highest BCUT2D eigenvalue weighted by Gasteiger charge is 2.32. The van der Waals surface area contributed by atoms with E-state index >= 15 is 0 Å². The van der Waals surface area contributed by atoms with Gasteiger partial charge in [0.2, 0.25) is 0 Å². The largest absolute Gasteiger partial charge is 0.416 e. The third-order valence-electron chi connectivity index (χ3n) is 2.17. The van der Waals surface area contributed by atoms with Gasteiger partial charge in [0, 0.05) is 6.42 Å². The Labute approximate surface area is 87.1 Å². The Bertz CT molecular complexity index is 383. The Morgan fingerprint density at radius 3 is 2.53 bits per heavy atom. The van der Waals surface area contributed by atoms with Gasteiger partial charge in [-0.05, 0) is 30.5 Å². The lowest BCUT2D eigenvalue weighted by Crippen LogP contribution is -2.08. The van der Waals surface area contributed by atoms with Crippen molar-refractivity contribution in [2.24, 2.45) is 0 Å². The van der Waals surface area contributed by atoms with Gasteiger partial charge in [-0.1, -0.05) is 12.1 Å². The van der Waals surface area contributed by atoms with Crippen molar-refractivity contribution in [1.82, 2.24) is 0 Å². The average Bonchev–Trinajstić information content (AvgIpc) is 2.15. The molecule has 0 saturated carbocycles. The minimum Gasteiger partial charge on any atom is -0.166 e. The zero-order chi connectivity index (χ0) is 11.5. The number of halogens is 3. The van der Waals surface area contributed by atoms with E-state index in [4.69, 9.17) is 6.42 Å². The first-order chi connectivity index (χ1) is 6.95. The molecule has 1 aromatic carbocycles. The van der Waals surface area contributed by atoms with Crippen LogP contribution in [0.3, 0.4) is 0 Å². The maximum atomic E-state index is 12.5. The number of benzene rings is 1. The molecule has 1 aromatic rings. The molecular weight excluding hydrogens is 201 g/mol. The summed E-state index contributed by atoms with van der Waals surface area (Å²) in [5.41, 5.74) is 0.301. The minimum absolute atomic E-state index is 0.243. The summed E-state index contributed by atoms with van der Waals surface area (Å²) in [7, 11) is 0. The van der Waals surface area contributed by atoms with Gasteiger partial charge < -0.3 is 0 Å². The fourth-order valence-electron chi connectivity index (χ4n) is 1.35. The molecular formula is C12H11F3. The van der Waals surface area contributed by atoms with Crippen molar-refractivity contribution in [3.63, 3.8) is 0 Å². The van der Waals surface area contributed by atoms with Crippen LogP contribution in [0.2, 0.25) is 0 Å². The van der Waals surface area contributed by atoms with Gasteiger partial charge in [0.05, 0.1) is 5.56 Å². The molecule has 0 aliphatic carbocycles. The summed E-state index contributed by atoms with van der Waals surface area (Å²) >= 11 is 0. The Morgan fingerprint density at radius 1 is 1.33 bits per heavy atom. The summed E-state index contributed by atoms with van der Waals surface area (Å²) in [6.45, 7) is 1.45. The lowest BCUT2D eigenvalue weighted by molar-refractivity contribution is -0.138. The van der Waals surface area contributed by atoms with E-state index in [2.05, 4.69) is 5.92 Å². The second-order valence-corrected chi connectivity index (χ2v) is 3.35. The van der Waals surface area contributed by atoms with Gasteiger partial charge >= 0.3 is 6.18 Å². The van der Waals surface area contributed by atoms with Crippen molar-refractivity contribution in [3.8, 4) is 12.3 Å². The molecule has 0 nitrogen and oxygen atoms in total. The van der Waals surface area contributed by atoms with Crippen molar-refractivity contribution in [3.05, 3.63) is 34.9 Å². The molecule has 0 aliphatic heterocycles. The van der Waals surface area contributed by atoms with Crippen molar-refractivity contribution in [1.29, 1.82) is 0 Å². The summed E-state index contributed by atoms with van der Waals surface area (Å²) in [6.07, 6.45) is 1.72. The van der Waals surface area contributed by atoms with Gasteiger partial charge in [-0.2, -0.15) is 13.2 Å². The zero-order valence-corrected chi connectivity index (χ0v) is 8.36. The molecule has 0 aromatic heterocycles. The highest BCUT2D eigenvalue weighted by molar-refractivity contribution is 5.33. The Balaban J connectivity index is 3.02. The van der Waals surface area contributed by atoms with E-state index in [1.807, 2.05) is 0 Å². The zero-order valence-electron chi connectivity index (χ0n) is 8.36.